The number of halogens is 2. The van der Waals surface area contributed by atoms with Crippen LogP contribution < -0.4 is 5.32 Å². The predicted molar refractivity (Wildman–Crippen MR) is 75.4 cm³/mol. The molecule has 0 bridgehead atoms. The molecule has 1 aliphatic rings. The van der Waals surface area contributed by atoms with Crippen molar-refractivity contribution in [2.45, 2.75) is 12.6 Å². The van der Waals surface area contributed by atoms with Crippen LogP contribution in [0.25, 0.3) is 0 Å². The second-order valence-electron chi connectivity index (χ2n) is 4.62. The van der Waals surface area contributed by atoms with E-state index in [2.05, 4.69) is 17.3 Å². The molecule has 1 N–H and O–H groups in total. The summed E-state index contributed by atoms with van der Waals surface area (Å²) in [6, 6.07) is 5.58. The molecule has 1 fully saturated rings. The van der Waals surface area contributed by atoms with E-state index in [1.165, 1.54) is 0 Å². The van der Waals surface area contributed by atoms with Crippen LogP contribution in [0, 0.1) is 0 Å². The number of morpholine rings is 1. The standard InChI is InChI=1S/C13H18Cl2N2O/c1-17-4-5-18-12(9-17)8-16-7-10-2-3-11(14)6-13(10)15/h2-3,6,12,16H,4-5,7-9H2,1H3. The van der Waals surface area contributed by atoms with Gasteiger partial charge in [0.15, 0.2) is 0 Å². The van der Waals surface area contributed by atoms with Crippen molar-refractivity contribution in [1.82, 2.24) is 10.2 Å². The maximum absolute atomic E-state index is 6.11. The maximum atomic E-state index is 6.11. The Labute approximate surface area is 118 Å². The van der Waals surface area contributed by atoms with Crippen LogP contribution in [-0.4, -0.2) is 44.3 Å². The van der Waals surface area contributed by atoms with Gasteiger partial charge < -0.3 is 15.0 Å². The molecule has 5 heteroatoms. The van der Waals surface area contributed by atoms with E-state index < -0.39 is 0 Å². The maximum Gasteiger partial charge on any atom is 0.0826 e. The molecule has 2 rings (SSSR count). The van der Waals surface area contributed by atoms with Gasteiger partial charge in [0.1, 0.15) is 0 Å². The molecule has 0 amide bonds. The Hall–Kier alpha value is -0.320. The lowest BCUT2D eigenvalue weighted by atomic mass is 10.2. The van der Waals surface area contributed by atoms with Gasteiger partial charge in [-0.25, -0.2) is 0 Å². The van der Waals surface area contributed by atoms with Crippen molar-refractivity contribution in [3.05, 3.63) is 33.8 Å². The number of nitrogens with one attached hydrogen (secondary N) is 1. The summed E-state index contributed by atoms with van der Waals surface area (Å²) in [6.45, 7) is 4.37. The summed E-state index contributed by atoms with van der Waals surface area (Å²) in [6.07, 6.45) is 0.259. The van der Waals surface area contributed by atoms with Gasteiger partial charge in [-0.3, -0.25) is 0 Å². The first kappa shape index (κ1) is 14.1. The summed E-state index contributed by atoms with van der Waals surface area (Å²) in [5, 5.41) is 4.75. The van der Waals surface area contributed by atoms with Gasteiger partial charge in [-0.1, -0.05) is 29.3 Å². The average molecular weight is 289 g/mol. The van der Waals surface area contributed by atoms with Crippen molar-refractivity contribution in [1.29, 1.82) is 0 Å². The second-order valence-corrected chi connectivity index (χ2v) is 5.47. The summed E-state index contributed by atoms with van der Waals surface area (Å²) in [4.78, 5) is 2.28. The molecule has 1 aromatic carbocycles. The van der Waals surface area contributed by atoms with Crippen molar-refractivity contribution >= 4 is 23.2 Å². The lowest BCUT2D eigenvalue weighted by molar-refractivity contribution is -0.0182. The first-order valence-corrected chi connectivity index (χ1v) is 6.85. The van der Waals surface area contributed by atoms with Gasteiger partial charge in [0, 0.05) is 36.2 Å². The predicted octanol–water partition coefficient (Wildman–Crippen LogP) is 2.41. The van der Waals surface area contributed by atoms with E-state index in [1.807, 2.05) is 12.1 Å². The van der Waals surface area contributed by atoms with Crippen molar-refractivity contribution in [2.75, 3.05) is 33.3 Å². The van der Waals surface area contributed by atoms with Crippen LogP contribution in [-0.2, 0) is 11.3 Å². The van der Waals surface area contributed by atoms with Gasteiger partial charge in [0.2, 0.25) is 0 Å². The van der Waals surface area contributed by atoms with Crippen LogP contribution in [0.2, 0.25) is 10.0 Å². The fourth-order valence-electron chi connectivity index (χ4n) is 2.02. The van der Waals surface area contributed by atoms with Crippen LogP contribution in [0.3, 0.4) is 0 Å². The van der Waals surface area contributed by atoms with Crippen LogP contribution in [0.15, 0.2) is 18.2 Å². The van der Waals surface area contributed by atoms with E-state index in [9.17, 15) is 0 Å². The highest BCUT2D eigenvalue weighted by Gasteiger charge is 2.16. The summed E-state index contributed by atoms with van der Waals surface area (Å²) in [5.41, 5.74) is 1.06. The third-order valence-corrected chi connectivity index (χ3v) is 3.63. The van der Waals surface area contributed by atoms with Crippen molar-refractivity contribution in [3.63, 3.8) is 0 Å². The van der Waals surface area contributed by atoms with E-state index in [0.717, 1.165) is 38.3 Å². The monoisotopic (exact) mass is 288 g/mol. The Morgan fingerprint density at radius 3 is 3.00 bits per heavy atom. The molecule has 0 aliphatic carbocycles. The SMILES string of the molecule is CN1CCOC(CNCc2ccc(Cl)cc2Cl)C1. The Bertz CT molecular complexity index is 401. The molecule has 1 atom stereocenters. The first-order valence-electron chi connectivity index (χ1n) is 6.10. The van der Waals surface area contributed by atoms with E-state index in [4.69, 9.17) is 27.9 Å². The summed E-state index contributed by atoms with van der Waals surface area (Å²) >= 11 is 12.0. The molecule has 1 aliphatic heterocycles. The van der Waals surface area contributed by atoms with Crippen molar-refractivity contribution in [3.8, 4) is 0 Å². The molecule has 1 heterocycles. The van der Waals surface area contributed by atoms with Crippen LogP contribution in [0.5, 0.6) is 0 Å². The highest BCUT2D eigenvalue weighted by Crippen LogP contribution is 2.20. The Morgan fingerprint density at radius 1 is 1.44 bits per heavy atom. The largest absolute Gasteiger partial charge is 0.374 e. The number of hydrogen-bond donors (Lipinski definition) is 1. The minimum atomic E-state index is 0.259. The third kappa shape index (κ3) is 4.11. The molecule has 18 heavy (non-hydrogen) atoms. The van der Waals surface area contributed by atoms with E-state index in [1.54, 1.807) is 6.07 Å². The minimum absolute atomic E-state index is 0.259. The van der Waals surface area contributed by atoms with Crippen molar-refractivity contribution in [2.24, 2.45) is 0 Å². The molecule has 3 nitrogen and oxygen atoms in total. The zero-order valence-corrected chi connectivity index (χ0v) is 12.0. The normalized spacial score (nSPS) is 21.2. The van der Waals surface area contributed by atoms with E-state index >= 15 is 0 Å². The van der Waals surface area contributed by atoms with Crippen LogP contribution >= 0.6 is 23.2 Å². The lowest BCUT2D eigenvalue weighted by Crippen LogP contribution is -2.44. The van der Waals surface area contributed by atoms with Crippen LogP contribution in [0.4, 0.5) is 0 Å². The number of rotatable bonds is 4. The Balaban J connectivity index is 1.77. The topological polar surface area (TPSA) is 24.5 Å². The quantitative estimate of drug-likeness (QED) is 0.921. The smallest absolute Gasteiger partial charge is 0.0826 e. The number of nitrogens with zero attached hydrogens (tertiary/aromatic N) is 1. The molecule has 1 unspecified atom stereocenters. The zero-order valence-electron chi connectivity index (χ0n) is 10.5. The number of benzene rings is 1. The molecular formula is C13H18Cl2N2O. The molecule has 1 aromatic rings. The fourth-order valence-corrected chi connectivity index (χ4v) is 2.50. The van der Waals surface area contributed by atoms with Gasteiger partial charge in [-0.15, -0.1) is 0 Å². The Morgan fingerprint density at radius 2 is 2.28 bits per heavy atom. The van der Waals surface area contributed by atoms with E-state index in [0.29, 0.717) is 10.0 Å². The van der Waals surface area contributed by atoms with Gasteiger partial charge in [0.05, 0.1) is 12.7 Å². The zero-order chi connectivity index (χ0) is 13.0. The number of hydrogen-bond acceptors (Lipinski definition) is 3. The number of ether oxygens (including phenoxy) is 1. The molecule has 100 valence electrons. The van der Waals surface area contributed by atoms with Crippen molar-refractivity contribution < 1.29 is 4.74 Å². The van der Waals surface area contributed by atoms with E-state index in [-0.39, 0.29) is 6.10 Å². The average Bonchev–Trinajstić information content (AvgIpc) is 2.32. The highest BCUT2D eigenvalue weighted by molar-refractivity contribution is 6.35. The minimum Gasteiger partial charge on any atom is -0.374 e. The lowest BCUT2D eigenvalue weighted by Gasteiger charge is -2.30. The third-order valence-electron chi connectivity index (χ3n) is 3.04. The number of likely N-dealkylation sites (N-methyl/N-ethyl adjacent to an activating group) is 1. The molecule has 0 aromatic heterocycles. The Kier molecular flexibility index (Phi) is 5.27. The first-order chi connectivity index (χ1) is 8.65. The van der Waals surface area contributed by atoms with Gasteiger partial charge in [-0.05, 0) is 24.7 Å². The molecule has 1 saturated heterocycles. The summed E-state index contributed by atoms with van der Waals surface area (Å²) in [5.74, 6) is 0. The molecule has 0 spiro atoms. The summed E-state index contributed by atoms with van der Waals surface area (Å²) < 4.78 is 5.68. The van der Waals surface area contributed by atoms with Gasteiger partial charge in [-0.2, -0.15) is 0 Å². The van der Waals surface area contributed by atoms with Gasteiger partial charge >= 0.3 is 0 Å². The molecule has 0 radical (unpaired) electrons. The fraction of sp³-hybridized carbons (Fsp3) is 0.538. The van der Waals surface area contributed by atoms with Crippen LogP contribution in [0.1, 0.15) is 5.56 Å². The molecule has 0 saturated carbocycles. The second kappa shape index (κ2) is 6.73. The molecular weight excluding hydrogens is 271 g/mol. The summed E-state index contributed by atoms with van der Waals surface area (Å²) in [7, 11) is 2.12. The highest BCUT2D eigenvalue weighted by atomic mass is 35.5. The van der Waals surface area contributed by atoms with Gasteiger partial charge in [0.25, 0.3) is 0 Å².